The second kappa shape index (κ2) is 8.47. The highest BCUT2D eigenvalue weighted by Gasteiger charge is 2.38. The number of alkyl halides is 3. The Kier molecular flexibility index (Phi) is 6.57. The summed E-state index contributed by atoms with van der Waals surface area (Å²) in [6, 6.07) is 6.09. The minimum Gasteiger partial charge on any atom is -0.378 e. The number of nitrogens with one attached hydrogen (secondary N) is 2. The molecule has 2 N–H and O–H groups in total. The van der Waals surface area contributed by atoms with Crippen molar-refractivity contribution in [3.63, 3.8) is 0 Å². The lowest BCUT2D eigenvalue weighted by molar-refractivity contribution is -0.159. The molecule has 1 aliphatic heterocycles. The number of rotatable bonds is 4. The Morgan fingerprint density at radius 1 is 1.31 bits per heavy atom. The lowest BCUT2D eigenvalue weighted by Gasteiger charge is -2.23. The molecule has 0 radical (unpaired) electrons. The van der Waals surface area contributed by atoms with Crippen LogP contribution in [0.5, 0.6) is 0 Å². The average Bonchev–Trinajstić information content (AvgIpc) is 3.07. The quantitative estimate of drug-likeness (QED) is 0.831. The number of morpholine rings is 1. The maximum atomic E-state index is 12.5. The molecule has 0 unspecified atom stereocenters. The number of aromatic nitrogens is 2. The zero-order chi connectivity index (χ0) is 17.9. The van der Waals surface area contributed by atoms with E-state index in [9.17, 15) is 18.0 Å². The van der Waals surface area contributed by atoms with Crippen LogP contribution in [0.4, 0.5) is 18.9 Å². The third-order valence-corrected chi connectivity index (χ3v) is 3.53. The largest absolute Gasteiger partial charge is 0.471 e. The van der Waals surface area contributed by atoms with Crippen LogP contribution >= 0.6 is 12.4 Å². The predicted octanol–water partition coefficient (Wildman–Crippen LogP) is 2.49. The fourth-order valence-electron chi connectivity index (χ4n) is 2.35. The summed E-state index contributed by atoms with van der Waals surface area (Å²) in [6.07, 6.45) is -4.42. The molecule has 1 atom stereocenters. The van der Waals surface area contributed by atoms with Crippen LogP contribution in [0.2, 0.25) is 0 Å². The molecular weight excluding hydrogens is 377 g/mol. The van der Waals surface area contributed by atoms with Crippen molar-refractivity contribution in [1.29, 1.82) is 0 Å². The zero-order valence-corrected chi connectivity index (χ0v) is 14.2. The molecule has 1 saturated heterocycles. The van der Waals surface area contributed by atoms with Gasteiger partial charge in [-0.25, -0.2) is 0 Å². The molecule has 1 aromatic carbocycles. The number of ether oxygens (including phenoxy) is 1. The molecule has 0 aliphatic carbocycles. The summed E-state index contributed by atoms with van der Waals surface area (Å²) < 4.78 is 46.8. The van der Waals surface area contributed by atoms with Gasteiger partial charge in [-0.05, 0) is 24.3 Å². The highest BCUT2D eigenvalue weighted by molar-refractivity contribution is 5.91. The maximum Gasteiger partial charge on any atom is 0.471 e. The highest BCUT2D eigenvalue weighted by Crippen LogP contribution is 2.29. The molecule has 26 heavy (non-hydrogen) atoms. The van der Waals surface area contributed by atoms with Gasteiger partial charge in [0.25, 0.3) is 0 Å². The van der Waals surface area contributed by atoms with Crippen molar-refractivity contribution in [2.24, 2.45) is 0 Å². The minimum absolute atomic E-state index is 0. The van der Waals surface area contributed by atoms with E-state index in [2.05, 4.69) is 25.3 Å². The Morgan fingerprint density at radius 3 is 2.62 bits per heavy atom. The van der Waals surface area contributed by atoms with E-state index in [0.717, 1.165) is 0 Å². The topological polar surface area (TPSA) is 89.3 Å². The second-order valence-corrected chi connectivity index (χ2v) is 5.48. The molecule has 1 aliphatic rings. The van der Waals surface area contributed by atoms with Gasteiger partial charge < -0.3 is 19.9 Å². The highest BCUT2D eigenvalue weighted by atomic mass is 35.5. The van der Waals surface area contributed by atoms with Crippen molar-refractivity contribution in [2.75, 3.05) is 25.1 Å². The maximum absolute atomic E-state index is 12.5. The normalized spacial score (nSPS) is 17.4. The number of nitrogens with zero attached hydrogens (tertiary/aromatic N) is 2. The fourth-order valence-corrected chi connectivity index (χ4v) is 2.35. The first-order valence-electron chi connectivity index (χ1n) is 7.54. The van der Waals surface area contributed by atoms with Gasteiger partial charge in [0.05, 0.1) is 13.2 Å². The molecular formula is C15H16ClF3N4O3. The van der Waals surface area contributed by atoms with Gasteiger partial charge in [-0.15, -0.1) is 12.4 Å². The SMILES string of the molecule is Cl.O=C(C[C@H]1COCCN1)Nc1ccc(-c2noc(C(F)(F)F)n2)cc1. The number of hydrogen-bond acceptors (Lipinski definition) is 6. The van der Waals surface area contributed by atoms with Crippen molar-refractivity contribution in [3.05, 3.63) is 30.2 Å². The van der Waals surface area contributed by atoms with Crippen molar-refractivity contribution in [3.8, 4) is 11.4 Å². The van der Waals surface area contributed by atoms with Gasteiger partial charge in [0.15, 0.2) is 0 Å². The molecule has 142 valence electrons. The molecule has 0 bridgehead atoms. The zero-order valence-electron chi connectivity index (χ0n) is 13.4. The fraction of sp³-hybridized carbons (Fsp3) is 0.400. The van der Waals surface area contributed by atoms with Gasteiger partial charge >= 0.3 is 12.1 Å². The number of carbonyl (C=O) groups is 1. The molecule has 2 aromatic rings. The van der Waals surface area contributed by atoms with Crippen LogP contribution in [-0.2, 0) is 15.7 Å². The van der Waals surface area contributed by atoms with Crippen molar-refractivity contribution >= 4 is 24.0 Å². The summed E-state index contributed by atoms with van der Waals surface area (Å²) >= 11 is 0. The Hall–Kier alpha value is -2.17. The van der Waals surface area contributed by atoms with Crippen LogP contribution in [0.1, 0.15) is 12.3 Å². The monoisotopic (exact) mass is 392 g/mol. The lowest BCUT2D eigenvalue weighted by atomic mass is 10.1. The number of benzene rings is 1. The van der Waals surface area contributed by atoms with Crippen LogP contribution < -0.4 is 10.6 Å². The van der Waals surface area contributed by atoms with Gasteiger partial charge in [-0.3, -0.25) is 4.79 Å². The third-order valence-electron chi connectivity index (χ3n) is 3.53. The van der Waals surface area contributed by atoms with Crippen LogP contribution in [0.3, 0.4) is 0 Å². The first-order chi connectivity index (χ1) is 11.9. The van der Waals surface area contributed by atoms with Crippen LogP contribution in [0.25, 0.3) is 11.4 Å². The predicted molar refractivity (Wildman–Crippen MR) is 87.8 cm³/mol. The summed E-state index contributed by atoms with van der Waals surface area (Å²) in [7, 11) is 0. The molecule has 7 nitrogen and oxygen atoms in total. The third kappa shape index (κ3) is 5.16. The number of amides is 1. The first-order valence-corrected chi connectivity index (χ1v) is 7.54. The van der Waals surface area contributed by atoms with Crippen molar-refractivity contribution < 1.29 is 27.2 Å². The second-order valence-electron chi connectivity index (χ2n) is 5.48. The lowest BCUT2D eigenvalue weighted by Crippen LogP contribution is -2.43. The van der Waals surface area contributed by atoms with E-state index in [1.54, 1.807) is 12.1 Å². The van der Waals surface area contributed by atoms with E-state index in [0.29, 0.717) is 31.0 Å². The summed E-state index contributed by atoms with van der Waals surface area (Å²) in [5.74, 6) is -1.76. The van der Waals surface area contributed by atoms with E-state index in [1.165, 1.54) is 12.1 Å². The number of carbonyl (C=O) groups excluding carboxylic acids is 1. The minimum atomic E-state index is -4.68. The van der Waals surface area contributed by atoms with Crippen LogP contribution in [0, 0.1) is 0 Å². The number of anilines is 1. The van der Waals surface area contributed by atoms with Crippen molar-refractivity contribution in [1.82, 2.24) is 15.5 Å². The molecule has 1 amide bonds. The molecule has 0 spiro atoms. The molecule has 1 fully saturated rings. The smallest absolute Gasteiger partial charge is 0.378 e. The van der Waals surface area contributed by atoms with Gasteiger partial charge in [0.2, 0.25) is 11.7 Å². The Balaban J connectivity index is 0.00000243. The van der Waals surface area contributed by atoms with Crippen LogP contribution in [-0.4, -0.2) is 41.8 Å². The van der Waals surface area contributed by atoms with E-state index in [4.69, 9.17) is 4.74 Å². The molecule has 0 saturated carbocycles. The van der Waals surface area contributed by atoms with Gasteiger partial charge in [-0.1, -0.05) is 5.16 Å². The van der Waals surface area contributed by atoms with E-state index in [-0.39, 0.29) is 36.6 Å². The van der Waals surface area contributed by atoms with Gasteiger partial charge in [-0.2, -0.15) is 18.2 Å². The summed E-state index contributed by atoms with van der Waals surface area (Å²) in [6.45, 7) is 1.81. The Bertz CT molecular complexity index is 730. The van der Waals surface area contributed by atoms with E-state index in [1.807, 2.05) is 0 Å². The first kappa shape index (κ1) is 20.1. The van der Waals surface area contributed by atoms with Gasteiger partial charge in [0.1, 0.15) is 0 Å². The molecule has 11 heteroatoms. The summed E-state index contributed by atoms with van der Waals surface area (Å²) in [5.41, 5.74) is 0.865. The Labute approximate surface area is 152 Å². The summed E-state index contributed by atoms with van der Waals surface area (Å²) in [4.78, 5) is 15.3. The van der Waals surface area contributed by atoms with Gasteiger partial charge in [0, 0.05) is 30.3 Å². The van der Waals surface area contributed by atoms with Crippen LogP contribution in [0.15, 0.2) is 28.8 Å². The number of hydrogen-bond donors (Lipinski definition) is 2. The standard InChI is InChI=1S/C15H15F3N4O3.ClH/c16-15(17,18)14-21-13(22-25-14)9-1-3-10(4-2-9)20-12(23)7-11-8-24-6-5-19-11;/h1-4,11,19H,5-8H2,(H,20,23);1H/t11-;/m0./s1. The summed E-state index contributed by atoms with van der Waals surface area (Å²) in [5, 5.41) is 9.20. The molecule has 1 aromatic heterocycles. The molecule has 2 heterocycles. The number of halogens is 4. The Morgan fingerprint density at radius 2 is 2.04 bits per heavy atom. The van der Waals surface area contributed by atoms with Crippen molar-refractivity contribution in [2.45, 2.75) is 18.6 Å². The van der Waals surface area contributed by atoms with E-state index < -0.39 is 12.1 Å². The molecule has 3 rings (SSSR count). The van der Waals surface area contributed by atoms with E-state index >= 15 is 0 Å². The average molecular weight is 393 g/mol.